The number of amides is 1. The summed E-state index contributed by atoms with van der Waals surface area (Å²) in [4.78, 5) is 13.9. The molecule has 1 aliphatic carbocycles. The Kier molecular flexibility index (Phi) is 7.22. The number of aryl methyl sites for hydroxylation is 1. The zero-order valence-corrected chi connectivity index (χ0v) is 19.5. The monoisotopic (exact) mass is 469 g/mol. The lowest BCUT2D eigenvalue weighted by molar-refractivity contribution is -0.113. The zero-order chi connectivity index (χ0) is 22.5. The molecule has 0 aliphatic heterocycles. The third-order valence-corrected chi connectivity index (χ3v) is 7.68. The van der Waals surface area contributed by atoms with Gasteiger partial charge in [-0.3, -0.25) is 4.79 Å². The molecule has 2 aromatic heterocycles. The third kappa shape index (κ3) is 4.87. The molecule has 9 heteroatoms. The Balaban J connectivity index is 1.45. The van der Waals surface area contributed by atoms with Crippen LogP contribution >= 0.6 is 23.1 Å². The Morgan fingerprint density at radius 1 is 1.22 bits per heavy atom. The van der Waals surface area contributed by atoms with Gasteiger partial charge in [0.15, 0.2) is 11.0 Å². The molecule has 166 valence electrons. The first-order valence-corrected chi connectivity index (χ1v) is 12.6. The van der Waals surface area contributed by atoms with Gasteiger partial charge >= 0.3 is 0 Å². The van der Waals surface area contributed by atoms with Gasteiger partial charge in [-0.2, -0.15) is 5.26 Å². The summed E-state index contributed by atoms with van der Waals surface area (Å²) in [5.41, 5.74) is 2.52. The maximum atomic E-state index is 13.2. The number of thiophene rings is 1. The minimum atomic E-state index is -0.305. The van der Waals surface area contributed by atoms with Gasteiger partial charge in [0.2, 0.25) is 5.91 Å². The van der Waals surface area contributed by atoms with Gasteiger partial charge in [-0.15, -0.1) is 21.5 Å². The van der Waals surface area contributed by atoms with Gasteiger partial charge in [0.05, 0.1) is 11.3 Å². The Morgan fingerprint density at radius 3 is 2.69 bits per heavy atom. The topological polar surface area (TPSA) is 83.6 Å². The fourth-order valence-corrected chi connectivity index (χ4v) is 5.97. The van der Waals surface area contributed by atoms with E-state index in [0.717, 1.165) is 36.8 Å². The number of anilines is 1. The van der Waals surface area contributed by atoms with E-state index in [2.05, 4.69) is 21.6 Å². The number of nitrogens with one attached hydrogen (secondary N) is 1. The zero-order valence-electron chi connectivity index (χ0n) is 17.9. The number of benzene rings is 1. The first-order chi connectivity index (χ1) is 15.6. The van der Waals surface area contributed by atoms with Crippen LogP contribution in [-0.4, -0.2) is 26.4 Å². The van der Waals surface area contributed by atoms with E-state index in [4.69, 9.17) is 0 Å². The summed E-state index contributed by atoms with van der Waals surface area (Å²) in [7, 11) is 0. The Labute approximate surface area is 194 Å². The van der Waals surface area contributed by atoms with E-state index in [-0.39, 0.29) is 17.5 Å². The molecule has 0 spiro atoms. The SMILES string of the molecule is CCn1c(SCC(=O)Nc2sc3c(c2C#N)CCCCCC3)nnc1-c1ccc(F)cc1. The highest BCUT2D eigenvalue weighted by Gasteiger charge is 2.21. The van der Waals surface area contributed by atoms with Crippen LogP contribution in [0.5, 0.6) is 0 Å². The van der Waals surface area contributed by atoms with Crippen LogP contribution in [0.3, 0.4) is 0 Å². The average molecular weight is 470 g/mol. The predicted molar refractivity (Wildman–Crippen MR) is 125 cm³/mol. The molecule has 6 nitrogen and oxygen atoms in total. The first kappa shape index (κ1) is 22.5. The highest BCUT2D eigenvalue weighted by molar-refractivity contribution is 7.99. The lowest BCUT2D eigenvalue weighted by Gasteiger charge is -2.09. The minimum Gasteiger partial charge on any atom is -0.316 e. The number of halogens is 1. The molecule has 1 N–H and O–H groups in total. The van der Waals surface area contributed by atoms with Gasteiger partial charge in [-0.05, 0) is 62.4 Å². The van der Waals surface area contributed by atoms with E-state index in [1.54, 1.807) is 23.5 Å². The fraction of sp³-hybridized carbons (Fsp3) is 0.391. The van der Waals surface area contributed by atoms with E-state index < -0.39 is 0 Å². The van der Waals surface area contributed by atoms with Crippen molar-refractivity contribution in [2.75, 3.05) is 11.1 Å². The van der Waals surface area contributed by atoms with Crippen molar-refractivity contribution >= 4 is 34.0 Å². The average Bonchev–Trinajstić information content (AvgIpc) is 3.33. The molecule has 1 aliphatic rings. The summed E-state index contributed by atoms with van der Waals surface area (Å²) in [5.74, 6) is 0.324. The molecule has 0 saturated heterocycles. The van der Waals surface area contributed by atoms with Gasteiger partial charge in [0.1, 0.15) is 16.9 Å². The molecular weight excluding hydrogens is 445 g/mol. The van der Waals surface area contributed by atoms with Crippen molar-refractivity contribution in [3.8, 4) is 17.5 Å². The normalized spacial score (nSPS) is 13.7. The van der Waals surface area contributed by atoms with Crippen molar-refractivity contribution in [3.63, 3.8) is 0 Å². The fourth-order valence-electron chi connectivity index (χ4n) is 3.91. The molecule has 0 unspecified atom stereocenters. The molecule has 1 aromatic carbocycles. The Hall–Kier alpha value is -2.70. The molecule has 3 aromatic rings. The highest BCUT2D eigenvalue weighted by atomic mass is 32.2. The molecule has 0 saturated carbocycles. The van der Waals surface area contributed by atoms with Gasteiger partial charge in [0, 0.05) is 17.0 Å². The van der Waals surface area contributed by atoms with Crippen LogP contribution in [0.1, 0.15) is 48.6 Å². The number of fused-ring (bicyclic) bond motifs is 1. The minimum absolute atomic E-state index is 0.162. The van der Waals surface area contributed by atoms with E-state index in [1.807, 2.05) is 11.5 Å². The molecule has 0 fully saturated rings. The van der Waals surface area contributed by atoms with Crippen molar-refractivity contribution in [2.24, 2.45) is 0 Å². The number of nitriles is 1. The van der Waals surface area contributed by atoms with Crippen LogP contribution in [0.15, 0.2) is 29.4 Å². The van der Waals surface area contributed by atoms with E-state index in [1.165, 1.54) is 41.6 Å². The highest BCUT2D eigenvalue weighted by Crippen LogP contribution is 2.36. The number of carbonyl (C=O) groups is 1. The van der Waals surface area contributed by atoms with E-state index in [0.29, 0.717) is 28.1 Å². The summed E-state index contributed by atoms with van der Waals surface area (Å²) >= 11 is 2.84. The maximum absolute atomic E-state index is 13.2. The van der Waals surface area contributed by atoms with Crippen LogP contribution < -0.4 is 5.32 Å². The van der Waals surface area contributed by atoms with Crippen LogP contribution in [0, 0.1) is 17.1 Å². The number of hydrogen-bond donors (Lipinski definition) is 1. The van der Waals surface area contributed by atoms with E-state index in [9.17, 15) is 14.4 Å². The molecule has 32 heavy (non-hydrogen) atoms. The van der Waals surface area contributed by atoms with Crippen LogP contribution in [0.4, 0.5) is 9.39 Å². The van der Waals surface area contributed by atoms with Gasteiger partial charge < -0.3 is 9.88 Å². The largest absolute Gasteiger partial charge is 0.316 e. The summed E-state index contributed by atoms with van der Waals surface area (Å²) in [6.07, 6.45) is 6.51. The lowest BCUT2D eigenvalue weighted by Crippen LogP contribution is -2.14. The molecule has 4 rings (SSSR count). The predicted octanol–water partition coefficient (Wildman–Crippen LogP) is 5.43. The third-order valence-electron chi connectivity index (χ3n) is 5.50. The van der Waals surface area contributed by atoms with Gasteiger partial charge in [-0.25, -0.2) is 4.39 Å². The second-order valence-electron chi connectivity index (χ2n) is 7.63. The summed E-state index contributed by atoms with van der Waals surface area (Å²) < 4.78 is 15.1. The summed E-state index contributed by atoms with van der Waals surface area (Å²) in [5, 5.41) is 22.4. The number of aromatic nitrogens is 3. The van der Waals surface area contributed by atoms with Crippen LogP contribution in [0.2, 0.25) is 0 Å². The molecule has 0 radical (unpaired) electrons. The van der Waals surface area contributed by atoms with Crippen molar-refractivity contribution in [3.05, 3.63) is 46.1 Å². The molecule has 2 heterocycles. The van der Waals surface area contributed by atoms with E-state index >= 15 is 0 Å². The number of thioether (sulfide) groups is 1. The second-order valence-corrected chi connectivity index (χ2v) is 9.68. The standard InChI is InChI=1S/C23H24FN5OS2/c1-2-29-21(15-9-11-16(24)12-10-15)27-28-23(29)31-14-20(30)26-22-18(13-25)17-7-5-3-4-6-8-19(17)32-22/h9-12H,2-8,14H2,1H3,(H,26,30). The van der Waals surface area contributed by atoms with Gasteiger partial charge in [-0.1, -0.05) is 24.6 Å². The van der Waals surface area contributed by atoms with Crippen molar-refractivity contribution in [2.45, 2.75) is 57.1 Å². The quantitative estimate of drug-likeness (QED) is 0.487. The lowest BCUT2D eigenvalue weighted by atomic mass is 9.97. The van der Waals surface area contributed by atoms with Gasteiger partial charge in [0.25, 0.3) is 0 Å². The summed E-state index contributed by atoms with van der Waals surface area (Å²) in [6.45, 7) is 2.60. The van der Waals surface area contributed by atoms with Crippen LogP contribution in [-0.2, 0) is 24.2 Å². The number of hydrogen-bond acceptors (Lipinski definition) is 6. The Morgan fingerprint density at radius 2 is 1.97 bits per heavy atom. The molecule has 1 amide bonds. The number of rotatable bonds is 6. The maximum Gasteiger partial charge on any atom is 0.235 e. The smallest absolute Gasteiger partial charge is 0.235 e. The molecule has 0 atom stereocenters. The number of carbonyl (C=O) groups excluding carboxylic acids is 1. The second kappa shape index (κ2) is 10.3. The number of nitrogens with zero attached hydrogens (tertiary/aromatic N) is 4. The van der Waals surface area contributed by atoms with Crippen molar-refractivity contribution in [1.29, 1.82) is 5.26 Å². The van der Waals surface area contributed by atoms with Crippen molar-refractivity contribution in [1.82, 2.24) is 14.8 Å². The van der Waals surface area contributed by atoms with Crippen molar-refractivity contribution < 1.29 is 9.18 Å². The Bertz CT molecular complexity index is 1150. The summed E-state index contributed by atoms with van der Waals surface area (Å²) in [6, 6.07) is 8.42. The molecule has 0 bridgehead atoms. The first-order valence-electron chi connectivity index (χ1n) is 10.8. The molecular formula is C23H24FN5OS2. The van der Waals surface area contributed by atoms with Crippen LogP contribution in [0.25, 0.3) is 11.4 Å².